The highest BCUT2D eigenvalue weighted by molar-refractivity contribution is 7.92. The molecule has 1 saturated carbocycles. The molecule has 2 aromatic carbocycles. The lowest BCUT2D eigenvalue weighted by molar-refractivity contribution is -0.117. The molecule has 5 rings (SSSR count). The number of aromatic nitrogens is 3. The van der Waals surface area contributed by atoms with Gasteiger partial charge in [0.05, 0.1) is 9.92 Å². The number of anilines is 2. The lowest BCUT2D eigenvalue weighted by Gasteiger charge is -2.08. The lowest BCUT2D eigenvalue weighted by Crippen LogP contribution is -2.15. The molecule has 0 saturated heterocycles. The van der Waals surface area contributed by atoms with Gasteiger partial charge in [-0.15, -0.1) is 0 Å². The van der Waals surface area contributed by atoms with Crippen LogP contribution in [0.4, 0.5) is 11.6 Å². The van der Waals surface area contributed by atoms with Gasteiger partial charge in [0.2, 0.25) is 11.9 Å². The van der Waals surface area contributed by atoms with Gasteiger partial charge in [-0.2, -0.15) is 0 Å². The van der Waals surface area contributed by atoms with E-state index < -0.39 is 10.0 Å². The second kappa shape index (κ2) is 8.42. The molecule has 166 valence electrons. The van der Waals surface area contributed by atoms with Crippen molar-refractivity contribution in [3.8, 4) is 0 Å². The Balaban J connectivity index is 1.25. The van der Waals surface area contributed by atoms with Crippen molar-refractivity contribution in [2.75, 3.05) is 10.0 Å². The smallest absolute Gasteiger partial charge is 0.264 e. The van der Waals surface area contributed by atoms with Crippen molar-refractivity contribution >= 4 is 49.9 Å². The number of nitrogens with zero attached hydrogens (tertiary/aromatic N) is 3. The van der Waals surface area contributed by atoms with Crippen LogP contribution in [0, 0.1) is 5.92 Å². The van der Waals surface area contributed by atoms with Crippen LogP contribution < -0.4 is 10.0 Å². The topological polar surface area (TPSA) is 114 Å². The van der Waals surface area contributed by atoms with Crippen molar-refractivity contribution in [2.24, 2.45) is 5.92 Å². The molecular formula is C23H18ClN5O3S. The number of fused-ring (bicyclic) bond motifs is 1. The maximum absolute atomic E-state index is 12.7. The Hall–Kier alpha value is -3.56. The molecule has 1 amide bonds. The zero-order valence-corrected chi connectivity index (χ0v) is 18.7. The summed E-state index contributed by atoms with van der Waals surface area (Å²) in [6.45, 7) is 0. The Morgan fingerprint density at radius 1 is 1.03 bits per heavy atom. The molecule has 2 unspecified atom stereocenters. The van der Waals surface area contributed by atoms with Crippen molar-refractivity contribution < 1.29 is 13.2 Å². The third kappa shape index (κ3) is 4.50. The largest absolute Gasteiger partial charge is 0.326 e. The van der Waals surface area contributed by atoms with Crippen molar-refractivity contribution in [1.29, 1.82) is 0 Å². The second-order valence-electron chi connectivity index (χ2n) is 7.74. The molecule has 2 N–H and O–H groups in total. The van der Waals surface area contributed by atoms with Gasteiger partial charge < -0.3 is 5.32 Å². The molecular weight excluding hydrogens is 462 g/mol. The van der Waals surface area contributed by atoms with E-state index in [4.69, 9.17) is 11.6 Å². The van der Waals surface area contributed by atoms with Crippen molar-refractivity contribution in [1.82, 2.24) is 15.0 Å². The standard InChI is InChI=1S/C23H18ClN5O3S/c24-21-13-25-12-15-2-5-16(10-19(15)21)28-22(30)20-11-18(20)14-3-6-17(7-4-14)33(31,32)29-23-26-8-1-9-27-23/h1-10,12-13,18,20H,11H2,(H,28,30)(H,26,27,29). The first-order valence-electron chi connectivity index (χ1n) is 10.1. The molecule has 0 radical (unpaired) electrons. The summed E-state index contributed by atoms with van der Waals surface area (Å²) in [6.07, 6.45) is 6.90. The molecule has 2 atom stereocenters. The predicted molar refractivity (Wildman–Crippen MR) is 126 cm³/mol. The van der Waals surface area contributed by atoms with E-state index >= 15 is 0 Å². The van der Waals surface area contributed by atoms with Crippen LogP contribution in [0.25, 0.3) is 10.8 Å². The van der Waals surface area contributed by atoms with Crippen LogP contribution in [-0.2, 0) is 14.8 Å². The van der Waals surface area contributed by atoms with Crippen molar-refractivity contribution in [2.45, 2.75) is 17.2 Å². The highest BCUT2D eigenvalue weighted by Crippen LogP contribution is 2.48. The predicted octanol–water partition coefficient (Wildman–Crippen LogP) is 4.22. The molecule has 1 aliphatic rings. The average Bonchev–Trinajstić information content (AvgIpc) is 3.61. The van der Waals surface area contributed by atoms with Crippen LogP contribution in [0.5, 0.6) is 0 Å². The molecule has 2 heterocycles. The summed E-state index contributed by atoms with van der Waals surface area (Å²) >= 11 is 6.20. The summed E-state index contributed by atoms with van der Waals surface area (Å²) in [4.78, 5) is 24.6. The monoisotopic (exact) mass is 479 g/mol. The minimum Gasteiger partial charge on any atom is -0.326 e. The summed E-state index contributed by atoms with van der Waals surface area (Å²) in [6, 6.07) is 13.6. The third-order valence-electron chi connectivity index (χ3n) is 5.52. The van der Waals surface area contributed by atoms with E-state index in [-0.39, 0.29) is 28.6 Å². The van der Waals surface area contributed by atoms with E-state index in [0.717, 1.165) is 16.3 Å². The fourth-order valence-corrected chi connectivity index (χ4v) is 4.90. The Bertz CT molecular complexity index is 1450. The van der Waals surface area contributed by atoms with Gasteiger partial charge in [-0.25, -0.2) is 23.1 Å². The van der Waals surface area contributed by atoms with Crippen LogP contribution in [0.15, 0.2) is 78.2 Å². The Morgan fingerprint density at radius 2 is 1.79 bits per heavy atom. The number of halogens is 1. The maximum Gasteiger partial charge on any atom is 0.264 e. The van der Waals surface area contributed by atoms with Crippen molar-refractivity contribution in [3.05, 3.63) is 83.9 Å². The van der Waals surface area contributed by atoms with Crippen LogP contribution in [0.1, 0.15) is 17.9 Å². The SMILES string of the molecule is O=C(Nc1ccc2cncc(Cl)c2c1)C1CC1c1ccc(S(=O)(=O)Nc2ncccn2)cc1. The molecule has 8 nitrogen and oxygen atoms in total. The van der Waals surface area contributed by atoms with Gasteiger partial charge >= 0.3 is 0 Å². The molecule has 4 aromatic rings. The molecule has 2 aromatic heterocycles. The summed E-state index contributed by atoms with van der Waals surface area (Å²) in [5.41, 5.74) is 1.58. The van der Waals surface area contributed by atoms with Gasteiger partial charge in [-0.05, 0) is 48.2 Å². The fraction of sp³-hybridized carbons (Fsp3) is 0.130. The van der Waals surface area contributed by atoms with E-state index in [1.165, 1.54) is 24.5 Å². The van der Waals surface area contributed by atoms with E-state index in [1.807, 2.05) is 18.2 Å². The highest BCUT2D eigenvalue weighted by atomic mass is 35.5. The number of amides is 1. The third-order valence-corrected chi connectivity index (χ3v) is 7.16. The van der Waals surface area contributed by atoms with Gasteiger partial charge in [0, 0.05) is 47.2 Å². The minimum absolute atomic E-state index is 0.00625. The number of carbonyl (C=O) groups excluding carboxylic acids is 1. The first-order chi connectivity index (χ1) is 15.9. The zero-order valence-electron chi connectivity index (χ0n) is 17.1. The van der Waals surface area contributed by atoms with E-state index in [1.54, 1.807) is 30.6 Å². The van der Waals surface area contributed by atoms with E-state index in [2.05, 4.69) is 25.0 Å². The molecule has 1 aliphatic carbocycles. The molecule has 0 bridgehead atoms. The molecule has 0 aliphatic heterocycles. The number of sulfonamides is 1. The first kappa shape index (κ1) is 21.3. The van der Waals surface area contributed by atoms with Crippen LogP contribution in [0.2, 0.25) is 5.02 Å². The highest BCUT2D eigenvalue weighted by Gasteiger charge is 2.44. The fourth-order valence-electron chi connectivity index (χ4n) is 3.72. The van der Waals surface area contributed by atoms with Gasteiger partial charge in [0.25, 0.3) is 10.0 Å². The Kier molecular flexibility index (Phi) is 5.43. The second-order valence-corrected chi connectivity index (χ2v) is 9.83. The van der Waals surface area contributed by atoms with Gasteiger partial charge in [-0.1, -0.05) is 29.8 Å². The number of hydrogen-bond acceptors (Lipinski definition) is 6. The average molecular weight is 480 g/mol. The summed E-state index contributed by atoms with van der Waals surface area (Å²) in [7, 11) is -3.80. The summed E-state index contributed by atoms with van der Waals surface area (Å²) < 4.78 is 27.4. The molecule has 1 fully saturated rings. The first-order valence-corrected chi connectivity index (χ1v) is 12.0. The van der Waals surface area contributed by atoms with Crippen LogP contribution >= 0.6 is 11.6 Å². The molecule has 33 heavy (non-hydrogen) atoms. The molecule has 0 spiro atoms. The van der Waals surface area contributed by atoms with Gasteiger partial charge in [0.15, 0.2) is 0 Å². The number of benzene rings is 2. The minimum atomic E-state index is -3.80. The maximum atomic E-state index is 12.7. The Morgan fingerprint density at radius 3 is 2.55 bits per heavy atom. The zero-order chi connectivity index (χ0) is 23.0. The van der Waals surface area contributed by atoms with E-state index in [9.17, 15) is 13.2 Å². The van der Waals surface area contributed by atoms with Crippen LogP contribution in [0.3, 0.4) is 0 Å². The Labute approximate surface area is 195 Å². The van der Waals surface area contributed by atoms with Crippen molar-refractivity contribution in [3.63, 3.8) is 0 Å². The summed E-state index contributed by atoms with van der Waals surface area (Å²) in [5.74, 6) is -0.205. The molecule has 10 heteroatoms. The lowest BCUT2D eigenvalue weighted by atomic mass is 10.1. The normalized spacial score (nSPS) is 17.5. The number of hydrogen-bond donors (Lipinski definition) is 2. The quantitative estimate of drug-likeness (QED) is 0.428. The van der Waals surface area contributed by atoms with Gasteiger partial charge in [-0.3, -0.25) is 9.78 Å². The summed E-state index contributed by atoms with van der Waals surface area (Å²) in [5, 5.41) is 5.19. The van der Waals surface area contributed by atoms with Gasteiger partial charge in [0.1, 0.15) is 0 Å². The number of pyridine rings is 1. The van der Waals surface area contributed by atoms with Crippen LogP contribution in [-0.4, -0.2) is 29.3 Å². The van der Waals surface area contributed by atoms with E-state index in [0.29, 0.717) is 17.1 Å². The number of nitrogens with one attached hydrogen (secondary N) is 2. The number of carbonyl (C=O) groups is 1. The number of rotatable bonds is 6.